The first-order valence-electron chi connectivity index (χ1n) is 6.92. The Morgan fingerprint density at radius 2 is 1.45 bits per heavy atom. The Balaban J connectivity index is 1.77. The minimum absolute atomic E-state index is 0.562. The largest absolute Gasteiger partial charge is 0.416 e. The summed E-state index contributed by atoms with van der Waals surface area (Å²) in [6.07, 6.45) is -4.30. The number of alkyl halides is 3. The highest BCUT2D eigenvalue weighted by Crippen LogP contribution is 2.30. The summed E-state index contributed by atoms with van der Waals surface area (Å²) in [6.45, 7) is 0.562. The third kappa shape index (κ3) is 3.06. The second-order valence-electron chi connectivity index (χ2n) is 5.07. The van der Waals surface area contributed by atoms with E-state index in [1.165, 1.54) is 12.1 Å². The summed E-state index contributed by atoms with van der Waals surface area (Å²) in [4.78, 5) is 0. The number of anilines is 1. The Kier molecular flexibility index (Phi) is 3.75. The molecule has 3 rings (SSSR count). The molecule has 0 aliphatic carbocycles. The van der Waals surface area contributed by atoms with Crippen molar-refractivity contribution in [2.75, 3.05) is 5.32 Å². The maximum absolute atomic E-state index is 12.5. The molecule has 1 nitrogen and oxygen atoms in total. The molecule has 22 heavy (non-hydrogen) atoms. The van der Waals surface area contributed by atoms with Crippen molar-refractivity contribution >= 4 is 16.5 Å². The fourth-order valence-corrected chi connectivity index (χ4v) is 2.42. The van der Waals surface area contributed by atoms with E-state index in [-0.39, 0.29) is 0 Å². The van der Waals surface area contributed by atoms with Crippen LogP contribution in [0.1, 0.15) is 11.1 Å². The van der Waals surface area contributed by atoms with Crippen molar-refractivity contribution in [3.05, 3.63) is 77.9 Å². The first kappa shape index (κ1) is 14.4. The number of hydrogen-bond acceptors (Lipinski definition) is 1. The Morgan fingerprint density at radius 3 is 2.18 bits per heavy atom. The summed E-state index contributed by atoms with van der Waals surface area (Å²) < 4.78 is 37.6. The first-order valence-corrected chi connectivity index (χ1v) is 6.92. The average molecular weight is 301 g/mol. The number of rotatable bonds is 3. The van der Waals surface area contributed by atoms with E-state index in [4.69, 9.17) is 0 Å². The van der Waals surface area contributed by atoms with Gasteiger partial charge in [0.1, 0.15) is 0 Å². The molecule has 3 aromatic carbocycles. The molecule has 0 amide bonds. The van der Waals surface area contributed by atoms with Gasteiger partial charge >= 0.3 is 6.18 Å². The lowest BCUT2D eigenvalue weighted by molar-refractivity contribution is -0.137. The zero-order valence-electron chi connectivity index (χ0n) is 11.7. The molecule has 0 saturated carbocycles. The van der Waals surface area contributed by atoms with Crippen molar-refractivity contribution in [2.24, 2.45) is 0 Å². The van der Waals surface area contributed by atoms with E-state index in [1.807, 2.05) is 42.5 Å². The highest BCUT2D eigenvalue weighted by molar-refractivity contribution is 5.85. The van der Waals surface area contributed by atoms with Crippen molar-refractivity contribution in [1.82, 2.24) is 0 Å². The molecule has 0 aliphatic heterocycles. The topological polar surface area (TPSA) is 12.0 Å². The average Bonchev–Trinajstić information content (AvgIpc) is 2.52. The second kappa shape index (κ2) is 5.72. The van der Waals surface area contributed by atoms with Crippen LogP contribution in [0.3, 0.4) is 0 Å². The van der Waals surface area contributed by atoms with Gasteiger partial charge in [0.05, 0.1) is 5.56 Å². The zero-order chi connectivity index (χ0) is 15.6. The van der Waals surface area contributed by atoms with Crippen LogP contribution in [0.2, 0.25) is 0 Å². The Bertz CT molecular complexity index is 771. The summed E-state index contributed by atoms with van der Waals surface area (Å²) >= 11 is 0. The minimum atomic E-state index is -4.30. The van der Waals surface area contributed by atoms with Crippen LogP contribution in [0.4, 0.5) is 18.9 Å². The molecule has 0 fully saturated rings. The predicted molar refractivity (Wildman–Crippen MR) is 82.7 cm³/mol. The Labute approximate surface area is 126 Å². The number of nitrogens with one attached hydrogen (secondary N) is 1. The van der Waals surface area contributed by atoms with Gasteiger partial charge in [-0.3, -0.25) is 0 Å². The molecular formula is C18H14F3N. The minimum Gasteiger partial charge on any atom is -0.381 e. The van der Waals surface area contributed by atoms with Crippen molar-refractivity contribution < 1.29 is 13.2 Å². The quantitative estimate of drug-likeness (QED) is 0.676. The highest BCUT2D eigenvalue weighted by Gasteiger charge is 2.29. The van der Waals surface area contributed by atoms with E-state index < -0.39 is 11.7 Å². The zero-order valence-corrected chi connectivity index (χ0v) is 11.7. The van der Waals surface area contributed by atoms with Crippen LogP contribution in [-0.4, -0.2) is 0 Å². The van der Waals surface area contributed by atoms with Crippen LogP contribution in [0.5, 0.6) is 0 Å². The molecule has 0 radical (unpaired) electrons. The predicted octanol–water partition coefficient (Wildman–Crippen LogP) is 5.47. The molecule has 3 aromatic rings. The van der Waals surface area contributed by atoms with E-state index in [0.717, 1.165) is 28.5 Å². The van der Waals surface area contributed by atoms with E-state index in [2.05, 4.69) is 5.32 Å². The van der Waals surface area contributed by atoms with Gasteiger partial charge in [-0.25, -0.2) is 0 Å². The molecule has 0 saturated heterocycles. The summed E-state index contributed by atoms with van der Waals surface area (Å²) in [6, 6.07) is 19.1. The lowest BCUT2D eigenvalue weighted by Gasteiger charge is -2.11. The fourth-order valence-electron chi connectivity index (χ4n) is 2.42. The molecule has 0 bridgehead atoms. The maximum atomic E-state index is 12.5. The monoisotopic (exact) mass is 301 g/mol. The van der Waals surface area contributed by atoms with Gasteiger partial charge in [-0.1, -0.05) is 42.5 Å². The maximum Gasteiger partial charge on any atom is 0.416 e. The Hall–Kier alpha value is -2.49. The molecule has 0 unspecified atom stereocenters. The van der Waals surface area contributed by atoms with Crippen LogP contribution in [0.15, 0.2) is 66.7 Å². The van der Waals surface area contributed by atoms with Gasteiger partial charge in [0, 0.05) is 12.2 Å². The van der Waals surface area contributed by atoms with Crippen molar-refractivity contribution in [2.45, 2.75) is 12.7 Å². The van der Waals surface area contributed by atoms with Gasteiger partial charge in [0.25, 0.3) is 0 Å². The van der Waals surface area contributed by atoms with Gasteiger partial charge < -0.3 is 5.32 Å². The molecule has 0 heterocycles. The van der Waals surface area contributed by atoms with Gasteiger partial charge in [-0.2, -0.15) is 13.2 Å². The number of halogens is 3. The third-order valence-corrected chi connectivity index (χ3v) is 3.58. The van der Waals surface area contributed by atoms with Gasteiger partial charge in [-0.05, 0) is 40.6 Å². The molecular weight excluding hydrogens is 287 g/mol. The first-order chi connectivity index (χ1) is 10.5. The molecule has 0 spiro atoms. The number of fused-ring (bicyclic) bond motifs is 1. The summed E-state index contributed by atoms with van der Waals surface area (Å²) in [5, 5.41) is 5.45. The SMILES string of the molecule is FC(F)(F)c1ccc(NCc2cccc3ccccc23)cc1. The van der Waals surface area contributed by atoms with Gasteiger partial charge in [0.2, 0.25) is 0 Å². The number of hydrogen-bond donors (Lipinski definition) is 1. The molecule has 1 N–H and O–H groups in total. The molecule has 0 aromatic heterocycles. The normalized spacial score (nSPS) is 11.6. The molecule has 4 heteroatoms. The van der Waals surface area contributed by atoms with Crippen LogP contribution in [-0.2, 0) is 12.7 Å². The van der Waals surface area contributed by atoms with Crippen molar-refractivity contribution in [3.63, 3.8) is 0 Å². The standard InChI is InChI=1S/C18H14F3N/c19-18(20,21)15-8-10-16(11-9-15)22-12-14-6-3-5-13-4-1-2-7-17(13)14/h1-11,22H,12H2. The van der Waals surface area contributed by atoms with Gasteiger partial charge in [-0.15, -0.1) is 0 Å². The smallest absolute Gasteiger partial charge is 0.381 e. The van der Waals surface area contributed by atoms with Crippen molar-refractivity contribution in [3.8, 4) is 0 Å². The molecule has 112 valence electrons. The third-order valence-electron chi connectivity index (χ3n) is 3.58. The summed E-state index contributed by atoms with van der Waals surface area (Å²) in [5.74, 6) is 0. The summed E-state index contributed by atoms with van der Waals surface area (Å²) in [7, 11) is 0. The van der Waals surface area contributed by atoms with Gasteiger partial charge in [0.15, 0.2) is 0 Å². The van der Waals surface area contributed by atoms with Crippen LogP contribution < -0.4 is 5.32 Å². The van der Waals surface area contributed by atoms with Crippen LogP contribution in [0.25, 0.3) is 10.8 Å². The van der Waals surface area contributed by atoms with Crippen LogP contribution in [0, 0.1) is 0 Å². The van der Waals surface area contributed by atoms with E-state index in [1.54, 1.807) is 0 Å². The van der Waals surface area contributed by atoms with Crippen LogP contribution >= 0.6 is 0 Å². The number of benzene rings is 3. The highest BCUT2D eigenvalue weighted by atomic mass is 19.4. The molecule has 0 atom stereocenters. The van der Waals surface area contributed by atoms with Crippen molar-refractivity contribution in [1.29, 1.82) is 0 Å². The van der Waals surface area contributed by atoms with E-state index >= 15 is 0 Å². The summed E-state index contributed by atoms with van der Waals surface area (Å²) in [5.41, 5.74) is 1.14. The Morgan fingerprint density at radius 1 is 0.773 bits per heavy atom. The van der Waals surface area contributed by atoms with E-state index in [9.17, 15) is 13.2 Å². The molecule has 0 aliphatic rings. The van der Waals surface area contributed by atoms with E-state index in [0.29, 0.717) is 12.2 Å². The lowest BCUT2D eigenvalue weighted by atomic mass is 10.0. The second-order valence-corrected chi connectivity index (χ2v) is 5.07. The lowest BCUT2D eigenvalue weighted by Crippen LogP contribution is -2.05. The fraction of sp³-hybridized carbons (Fsp3) is 0.111.